The summed E-state index contributed by atoms with van der Waals surface area (Å²) in [5.74, 6) is 0.120. The molecule has 0 rings (SSSR count). The van der Waals surface area contributed by atoms with Gasteiger partial charge >= 0.3 is 6.09 Å². The molecule has 0 bridgehead atoms. The molecule has 2 atom stereocenters. The molecule has 4 nitrogen and oxygen atoms in total. The second-order valence-electron chi connectivity index (χ2n) is 3.62. The van der Waals surface area contributed by atoms with Crippen LogP contribution in [0.2, 0.25) is 0 Å². The Morgan fingerprint density at radius 3 is 2.53 bits per heavy atom. The molecule has 0 heterocycles. The van der Waals surface area contributed by atoms with Crippen LogP contribution in [0.25, 0.3) is 0 Å². The van der Waals surface area contributed by atoms with Gasteiger partial charge in [-0.2, -0.15) is 0 Å². The first-order valence-corrected chi connectivity index (χ1v) is 5.76. The lowest BCUT2D eigenvalue weighted by Gasteiger charge is -2.21. The van der Waals surface area contributed by atoms with Crippen LogP contribution in [0.3, 0.4) is 0 Å². The van der Waals surface area contributed by atoms with Gasteiger partial charge in [0.1, 0.15) is 6.23 Å². The minimum atomic E-state index is -0.791. The Bertz CT molecular complexity index is 173. The van der Waals surface area contributed by atoms with E-state index in [1.165, 1.54) is 0 Å². The van der Waals surface area contributed by atoms with Crippen LogP contribution in [0.4, 0.5) is 4.79 Å². The van der Waals surface area contributed by atoms with Crippen molar-refractivity contribution in [1.29, 1.82) is 0 Å². The monoisotopic (exact) mass is 217 g/mol. The first-order valence-electron chi connectivity index (χ1n) is 5.76. The topological polar surface area (TPSA) is 58.6 Å². The second-order valence-corrected chi connectivity index (χ2v) is 3.62. The summed E-state index contributed by atoms with van der Waals surface area (Å²) in [5.41, 5.74) is 0. The van der Waals surface area contributed by atoms with Gasteiger partial charge in [-0.3, -0.25) is 5.32 Å². The van der Waals surface area contributed by atoms with Crippen LogP contribution < -0.4 is 5.32 Å². The van der Waals surface area contributed by atoms with Crippen LogP contribution in [0.1, 0.15) is 46.5 Å². The number of nitrogens with one attached hydrogen (secondary N) is 1. The number of hydrogen-bond acceptors (Lipinski definition) is 3. The Labute approximate surface area is 92.0 Å². The van der Waals surface area contributed by atoms with Gasteiger partial charge in [0.25, 0.3) is 0 Å². The average Bonchev–Trinajstić information content (AvgIpc) is 2.19. The zero-order chi connectivity index (χ0) is 11.7. The van der Waals surface area contributed by atoms with Gasteiger partial charge in [0, 0.05) is 5.92 Å². The van der Waals surface area contributed by atoms with Crippen molar-refractivity contribution in [3.8, 4) is 0 Å². The van der Waals surface area contributed by atoms with Crippen molar-refractivity contribution in [2.45, 2.75) is 52.7 Å². The fourth-order valence-corrected chi connectivity index (χ4v) is 1.46. The van der Waals surface area contributed by atoms with Gasteiger partial charge in [-0.1, -0.05) is 26.7 Å². The van der Waals surface area contributed by atoms with Crippen LogP contribution in [-0.2, 0) is 4.74 Å². The van der Waals surface area contributed by atoms with Gasteiger partial charge in [-0.05, 0) is 19.8 Å². The van der Waals surface area contributed by atoms with E-state index >= 15 is 0 Å². The maximum atomic E-state index is 11.1. The first-order chi connectivity index (χ1) is 7.15. The maximum Gasteiger partial charge on any atom is 0.409 e. The molecule has 0 aromatic heterocycles. The van der Waals surface area contributed by atoms with Crippen LogP contribution in [-0.4, -0.2) is 24.0 Å². The lowest BCUT2D eigenvalue weighted by atomic mass is 9.97. The first kappa shape index (κ1) is 14.2. The van der Waals surface area contributed by atoms with Crippen molar-refractivity contribution in [2.24, 2.45) is 5.92 Å². The number of aliphatic hydroxyl groups excluding tert-OH is 1. The molecule has 0 aliphatic heterocycles. The number of carbonyl (C=O) groups is 1. The molecule has 90 valence electrons. The molecule has 1 amide bonds. The lowest BCUT2D eigenvalue weighted by Crippen LogP contribution is -2.40. The zero-order valence-corrected chi connectivity index (χ0v) is 9.95. The van der Waals surface area contributed by atoms with Crippen molar-refractivity contribution < 1.29 is 14.6 Å². The Morgan fingerprint density at radius 1 is 1.40 bits per heavy atom. The standard InChI is InChI=1S/C11H23NO3/c1-4-7-8-9(5-2)10(13)12-11(14)15-6-3/h9-10,13H,4-8H2,1-3H3,(H,12,14). The number of hydrogen-bond donors (Lipinski definition) is 2. The molecule has 0 radical (unpaired) electrons. The summed E-state index contributed by atoms with van der Waals surface area (Å²) < 4.78 is 4.70. The highest BCUT2D eigenvalue weighted by atomic mass is 16.5. The van der Waals surface area contributed by atoms with E-state index < -0.39 is 12.3 Å². The van der Waals surface area contributed by atoms with Crippen LogP contribution in [0.5, 0.6) is 0 Å². The van der Waals surface area contributed by atoms with Crippen molar-refractivity contribution >= 4 is 6.09 Å². The Kier molecular flexibility index (Phi) is 8.09. The van der Waals surface area contributed by atoms with E-state index in [1.807, 2.05) is 6.92 Å². The zero-order valence-electron chi connectivity index (χ0n) is 9.95. The van der Waals surface area contributed by atoms with E-state index in [-0.39, 0.29) is 5.92 Å². The number of carbonyl (C=O) groups excluding carboxylic acids is 1. The van der Waals surface area contributed by atoms with E-state index in [0.29, 0.717) is 6.61 Å². The maximum absolute atomic E-state index is 11.1. The molecule has 2 N–H and O–H groups in total. The number of aliphatic hydroxyl groups is 1. The van der Waals surface area contributed by atoms with Gasteiger partial charge in [0.15, 0.2) is 0 Å². The third kappa shape index (κ3) is 6.33. The summed E-state index contributed by atoms with van der Waals surface area (Å²) in [6.07, 6.45) is 2.62. The van der Waals surface area contributed by atoms with Crippen molar-refractivity contribution in [2.75, 3.05) is 6.61 Å². The third-order valence-electron chi connectivity index (χ3n) is 2.44. The number of alkyl carbamates (subject to hydrolysis) is 1. The fraction of sp³-hybridized carbons (Fsp3) is 0.909. The van der Waals surface area contributed by atoms with Gasteiger partial charge in [-0.15, -0.1) is 0 Å². The SMILES string of the molecule is CCCCC(CC)C(O)NC(=O)OCC. The molecule has 0 fully saturated rings. The smallest absolute Gasteiger partial charge is 0.409 e. The Balaban J connectivity index is 3.91. The van der Waals surface area contributed by atoms with Crippen LogP contribution in [0, 0.1) is 5.92 Å². The molecule has 0 aromatic rings. The minimum Gasteiger partial charge on any atom is -0.450 e. The van der Waals surface area contributed by atoms with E-state index in [2.05, 4.69) is 12.2 Å². The average molecular weight is 217 g/mol. The predicted octanol–water partition coefficient (Wildman–Crippen LogP) is 2.27. The third-order valence-corrected chi connectivity index (χ3v) is 2.44. The van der Waals surface area contributed by atoms with E-state index in [1.54, 1.807) is 6.92 Å². The highest BCUT2D eigenvalue weighted by molar-refractivity contribution is 5.67. The normalized spacial score (nSPS) is 14.4. The molecule has 0 aromatic carbocycles. The second kappa shape index (κ2) is 8.53. The van der Waals surface area contributed by atoms with Crippen molar-refractivity contribution in [1.82, 2.24) is 5.32 Å². The van der Waals surface area contributed by atoms with Crippen LogP contribution >= 0.6 is 0 Å². The summed E-state index contributed by atoms with van der Waals surface area (Å²) in [6.45, 7) is 6.18. The number of amides is 1. The largest absolute Gasteiger partial charge is 0.450 e. The van der Waals surface area contributed by atoms with E-state index in [9.17, 15) is 9.90 Å². The molecule has 2 unspecified atom stereocenters. The summed E-state index contributed by atoms with van der Waals surface area (Å²) in [5, 5.41) is 12.2. The van der Waals surface area contributed by atoms with Gasteiger partial charge in [-0.25, -0.2) is 4.79 Å². The molecule has 0 saturated carbocycles. The summed E-state index contributed by atoms with van der Waals surface area (Å²) in [4.78, 5) is 11.1. The fourth-order valence-electron chi connectivity index (χ4n) is 1.46. The van der Waals surface area contributed by atoms with Crippen molar-refractivity contribution in [3.63, 3.8) is 0 Å². The summed E-state index contributed by atoms with van der Waals surface area (Å²) >= 11 is 0. The molecule has 0 aliphatic carbocycles. The molecule has 0 aliphatic rings. The highest BCUT2D eigenvalue weighted by Gasteiger charge is 2.19. The van der Waals surface area contributed by atoms with Gasteiger partial charge in [0.05, 0.1) is 6.61 Å². The molecule has 0 spiro atoms. The van der Waals surface area contributed by atoms with Crippen molar-refractivity contribution in [3.05, 3.63) is 0 Å². The Hall–Kier alpha value is -0.770. The van der Waals surface area contributed by atoms with Gasteiger partial charge < -0.3 is 9.84 Å². The van der Waals surface area contributed by atoms with E-state index in [4.69, 9.17) is 4.74 Å². The predicted molar refractivity (Wildman–Crippen MR) is 59.5 cm³/mol. The molecule has 4 heteroatoms. The lowest BCUT2D eigenvalue weighted by molar-refractivity contribution is 0.0569. The quantitative estimate of drug-likeness (QED) is 0.643. The summed E-state index contributed by atoms with van der Waals surface area (Å²) in [7, 11) is 0. The molecular formula is C11H23NO3. The molecular weight excluding hydrogens is 194 g/mol. The van der Waals surface area contributed by atoms with Gasteiger partial charge in [0.2, 0.25) is 0 Å². The van der Waals surface area contributed by atoms with Crippen LogP contribution in [0.15, 0.2) is 0 Å². The highest BCUT2D eigenvalue weighted by Crippen LogP contribution is 2.15. The minimum absolute atomic E-state index is 0.120. The number of ether oxygens (including phenoxy) is 1. The molecule has 15 heavy (non-hydrogen) atoms. The number of rotatable bonds is 7. The Morgan fingerprint density at radius 2 is 2.07 bits per heavy atom. The molecule has 0 saturated heterocycles. The number of unbranched alkanes of at least 4 members (excludes halogenated alkanes) is 1. The van der Waals surface area contributed by atoms with E-state index in [0.717, 1.165) is 25.7 Å². The summed E-state index contributed by atoms with van der Waals surface area (Å²) in [6, 6.07) is 0.